The van der Waals surface area contributed by atoms with E-state index < -0.39 is 18.1 Å². The summed E-state index contributed by atoms with van der Waals surface area (Å²) in [5.74, 6) is -1.49. The van der Waals surface area contributed by atoms with Crippen LogP contribution in [0.2, 0.25) is 0 Å². The maximum absolute atomic E-state index is 12.3. The summed E-state index contributed by atoms with van der Waals surface area (Å²) < 4.78 is 0. The number of benzene rings is 1. The Hall–Kier alpha value is -2.37. The number of aliphatic carboxylic acids is 1. The van der Waals surface area contributed by atoms with E-state index in [1.54, 1.807) is 6.92 Å². The van der Waals surface area contributed by atoms with Crippen molar-refractivity contribution in [2.75, 3.05) is 6.54 Å². The molecule has 0 radical (unpaired) electrons. The molecule has 24 heavy (non-hydrogen) atoms. The predicted octanol–water partition coefficient (Wildman–Crippen LogP) is 1.59. The van der Waals surface area contributed by atoms with Crippen LogP contribution in [0.15, 0.2) is 30.3 Å². The number of likely N-dealkylation sites (tertiary alicyclic amines) is 1. The molecule has 1 unspecified atom stereocenters. The lowest BCUT2D eigenvalue weighted by Crippen LogP contribution is -2.50. The van der Waals surface area contributed by atoms with Crippen molar-refractivity contribution < 1.29 is 19.5 Å². The first kappa shape index (κ1) is 18.0. The first-order valence-electron chi connectivity index (χ1n) is 8.35. The molecule has 1 aliphatic heterocycles. The van der Waals surface area contributed by atoms with Gasteiger partial charge in [0.2, 0.25) is 11.8 Å². The Kier molecular flexibility index (Phi) is 6.35. The summed E-state index contributed by atoms with van der Waals surface area (Å²) in [6.07, 6.45) is 3.01. The van der Waals surface area contributed by atoms with Gasteiger partial charge in [0.25, 0.3) is 0 Å². The highest BCUT2D eigenvalue weighted by molar-refractivity contribution is 5.90. The topological polar surface area (TPSA) is 86.7 Å². The van der Waals surface area contributed by atoms with E-state index in [1.165, 1.54) is 10.5 Å². The third-order valence-electron chi connectivity index (χ3n) is 4.28. The average molecular weight is 332 g/mol. The standard InChI is InChI=1S/C18H24N2O4/c1-13(17(22)20-12-6-10-15(20)18(23)24)19-16(21)11-5-9-14-7-3-2-4-8-14/h2-4,7-8,13,15H,5-6,9-12H2,1H3,(H,19,21)(H,23,24)/t13?,15-/m1/s1. The van der Waals surface area contributed by atoms with Crippen LogP contribution in [0.5, 0.6) is 0 Å². The molecule has 0 aliphatic carbocycles. The molecule has 1 heterocycles. The molecule has 2 amide bonds. The normalized spacial score (nSPS) is 18.2. The van der Waals surface area contributed by atoms with Crippen molar-refractivity contribution in [1.82, 2.24) is 10.2 Å². The van der Waals surface area contributed by atoms with Crippen LogP contribution in [0, 0.1) is 0 Å². The number of carboxylic acid groups (broad SMARTS) is 1. The zero-order valence-corrected chi connectivity index (χ0v) is 13.9. The van der Waals surface area contributed by atoms with E-state index >= 15 is 0 Å². The van der Waals surface area contributed by atoms with E-state index in [1.807, 2.05) is 30.3 Å². The zero-order valence-electron chi connectivity index (χ0n) is 13.9. The molecule has 130 valence electrons. The minimum absolute atomic E-state index is 0.183. The Balaban J connectivity index is 1.76. The quantitative estimate of drug-likeness (QED) is 0.794. The summed E-state index contributed by atoms with van der Waals surface area (Å²) in [7, 11) is 0. The number of aryl methyl sites for hydroxylation is 1. The highest BCUT2D eigenvalue weighted by atomic mass is 16.4. The number of carbonyl (C=O) groups is 3. The van der Waals surface area contributed by atoms with E-state index in [0.717, 1.165) is 6.42 Å². The SMILES string of the molecule is CC(NC(=O)CCCc1ccccc1)C(=O)N1CCC[C@@H]1C(=O)O. The lowest BCUT2D eigenvalue weighted by atomic mass is 10.1. The van der Waals surface area contributed by atoms with Gasteiger partial charge in [0.05, 0.1) is 0 Å². The maximum Gasteiger partial charge on any atom is 0.326 e. The molecule has 2 atom stereocenters. The Morgan fingerprint density at radius 1 is 1.29 bits per heavy atom. The number of amides is 2. The van der Waals surface area contributed by atoms with Gasteiger partial charge in [0.1, 0.15) is 12.1 Å². The molecule has 6 nitrogen and oxygen atoms in total. The van der Waals surface area contributed by atoms with Crippen molar-refractivity contribution in [1.29, 1.82) is 0 Å². The number of hydrogen-bond donors (Lipinski definition) is 2. The van der Waals surface area contributed by atoms with Crippen molar-refractivity contribution >= 4 is 17.8 Å². The van der Waals surface area contributed by atoms with E-state index in [9.17, 15) is 14.4 Å². The molecule has 2 rings (SSSR count). The van der Waals surface area contributed by atoms with Crippen LogP contribution in [0.25, 0.3) is 0 Å². The second-order valence-electron chi connectivity index (χ2n) is 6.16. The summed E-state index contributed by atoms with van der Waals surface area (Å²) >= 11 is 0. The first-order valence-corrected chi connectivity index (χ1v) is 8.35. The molecule has 0 bridgehead atoms. The molecule has 0 aromatic heterocycles. The average Bonchev–Trinajstić information content (AvgIpc) is 3.05. The first-order chi connectivity index (χ1) is 11.5. The van der Waals surface area contributed by atoms with Crippen LogP contribution in [0.4, 0.5) is 0 Å². The van der Waals surface area contributed by atoms with Gasteiger partial charge in [-0.25, -0.2) is 4.79 Å². The number of carboxylic acids is 1. The zero-order chi connectivity index (χ0) is 17.5. The lowest BCUT2D eigenvalue weighted by molar-refractivity contribution is -0.149. The number of carbonyl (C=O) groups excluding carboxylic acids is 2. The van der Waals surface area contributed by atoms with Gasteiger partial charge in [-0.15, -0.1) is 0 Å². The molecule has 0 saturated carbocycles. The van der Waals surface area contributed by atoms with Gasteiger partial charge < -0.3 is 15.3 Å². The van der Waals surface area contributed by atoms with Crippen molar-refractivity contribution in [2.24, 2.45) is 0 Å². The second kappa shape index (κ2) is 8.47. The molecular formula is C18H24N2O4. The molecule has 6 heteroatoms. The van der Waals surface area contributed by atoms with Crippen molar-refractivity contribution in [3.63, 3.8) is 0 Å². The minimum atomic E-state index is -0.984. The molecule has 1 saturated heterocycles. The Morgan fingerprint density at radius 3 is 2.67 bits per heavy atom. The summed E-state index contributed by atoms with van der Waals surface area (Å²) in [6.45, 7) is 2.04. The number of nitrogens with zero attached hydrogens (tertiary/aromatic N) is 1. The molecule has 1 fully saturated rings. The monoisotopic (exact) mass is 332 g/mol. The smallest absolute Gasteiger partial charge is 0.326 e. The fraction of sp³-hybridized carbons (Fsp3) is 0.500. The fourth-order valence-corrected chi connectivity index (χ4v) is 3.01. The van der Waals surface area contributed by atoms with Crippen LogP contribution in [-0.4, -0.2) is 46.4 Å². The van der Waals surface area contributed by atoms with Crippen LogP contribution in [0.3, 0.4) is 0 Å². The molecular weight excluding hydrogens is 308 g/mol. The third-order valence-corrected chi connectivity index (χ3v) is 4.28. The van der Waals surface area contributed by atoms with Crippen LogP contribution < -0.4 is 5.32 Å². The number of nitrogens with one attached hydrogen (secondary N) is 1. The lowest BCUT2D eigenvalue weighted by Gasteiger charge is -2.25. The highest BCUT2D eigenvalue weighted by Gasteiger charge is 2.36. The Morgan fingerprint density at radius 2 is 2.00 bits per heavy atom. The summed E-state index contributed by atoms with van der Waals surface area (Å²) in [5, 5.41) is 11.8. The van der Waals surface area contributed by atoms with Gasteiger partial charge in [0, 0.05) is 13.0 Å². The Labute approximate surface area is 141 Å². The summed E-state index contributed by atoms with van der Waals surface area (Å²) in [5.41, 5.74) is 1.18. The highest BCUT2D eigenvalue weighted by Crippen LogP contribution is 2.18. The van der Waals surface area contributed by atoms with Gasteiger partial charge in [-0.1, -0.05) is 30.3 Å². The molecule has 1 aromatic rings. The van der Waals surface area contributed by atoms with Crippen molar-refractivity contribution in [3.8, 4) is 0 Å². The summed E-state index contributed by atoms with van der Waals surface area (Å²) in [6, 6.07) is 8.44. The van der Waals surface area contributed by atoms with Gasteiger partial charge in [-0.2, -0.15) is 0 Å². The van der Waals surface area contributed by atoms with E-state index in [0.29, 0.717) is 32.2 Å². The molecule has 1 aliphatic rings. The van der Waals surface area contributed by atoms with E-state index in [-0.39, 0.29) is 11.8 Å². The van der Waals surface area contributed by atoms with Crippen LogP contribution >= 0.6 is 0 Å². The summed E-state index contributed by atoms with van der Waals surface area (Å²) in [4.78, 5) is 36.8. The number of rotatable bonds is 7. The van der Waals surface area contributed by atoms with Crippen LogP contribution in [0.1, 0.15) is 38.2 Å². The van der Waals surface area contributed by atoms with Crippen LogP contribution in [-0.2, 0) is 20.8 Å². The second-order valence-corrected chi connectivity index (χ2v) is 6.16. The molecule has 2 N–H and O–H groups in total. The third kappa shape index (κ3) is 4.81. The van der Waals surface area contributed by atoms with Crippen molar-refractivity contribution in [2.45, 2.75) is 51.1 Å². The Bertz CT molecular complexity index is 588. The van der Waals surface area contributed by atoms with E-state index in [2.05, 4.69) is 5.32 Å². The van der Waals surface area contributed by atoms with Crippen molar-refractivity contribution in [3.05, 3.63) is 35.9 Å². The largest absolute Gasteiger partial charge is 0.480 e. The molecule has 0 spiro atoms. The number of hydrogen-bond acceptors (Lipinski definition) is 3. The van der Waals surface area contributed by atoms with E-state index in [4.69, 9.17) is 5.11 Å². The predicted molar refractivity (Wildman–Crippen MR) is 89.4 cm³/mol. The minimum Gasteiger partial charge on any atom is -0.480 e. The maximum atomic E-state index is 12.3. The van der Waals surface area contributed by atoms with Gasteiger partial charge in [-0.3, -0.25) is 9.59 Å². The molecule has 1 aromatic carbocycles. The fourth-order valence-electron chi connectivity index (χ4n) is 3.01. The van der Waals surface area contributed by atoms with Gasteiger partial charge in [0.15, 0.2) is 0 Å². The van der Waals surface area contributed by atoms with Gasteiger partial charge >= 0.3 is 5.97 Å². The van der Waals surface area contributed by atoms with Gasteiger partial charge in [-0.05, 0) is 38.2 Å².